The van der Waals surface area contributed by atoms with Gasteiger partial charge in [0.2, 0.25) is 0 Å². The normalized spacial score (nSPS) is 12.2. The van der Waals surface area contributed by atoms with Gasteiger partial charge in [0.25, 0.3) is 11.1 Å². The summed E-state index contributed by atoms with van der Waals surface area (Å²) in [5, 5.41) is 3.52. The smallest absolute Gasteiger partial charge is 0.261 e. The van der Waals surface area contributed by atoms with Crippen molar-refractivity contribution in [3.8, 4) is 11.4 Å². The Morgan fingerprint density at radius 2 is 1.44 bits per heavy atom. The molecule has 0 fully saturated rings. The molecule has 4 aromatic carbocycles. The van der Waals surface area contributed by atoms with Crippen molar-refractivity contribution in [3.05, 3.63) is 99.6 Å². The van der Waals surface area contributed by atoms with Crippen molar-refractivity contribution in [2.45, 2.75) is 0 Å². The van der Waals surface area contributed by atoms with E-state index in [1.807, 2.05) is 66.7 Å². The summed E-state index contributed by atoms with van der Waals surface area (Å²) in [6.45, 7) is 0. The fourth-order valence-corrected chi connectivity index (χ4v) is 5.54. The predicted octanol–water partition coefficient (Wildman–Crippen LogP) is 4.99. The Kier molecular flexibility index (Phi) is 3.51. The zero-order valence-corrected chi connectivity index (χ0v) is 19.1. The average molecular weight is 467 g/mol. The first kappa shape index (κ1) is 19.3. The van der Waals surface area contributed by atoms with Crippen molar-refractivity contribution in [1.82, 2.24) is 23.9 Å². The molecule has 0 bridgehead atoms. The molecule has 0 atom stereocenters. The second kappa shape index (κ2) is 6.55. The van der Waals surface area contributed by atoms with Crippen molar-refractivity contribution in [3.63, 3.8) is 0 Å². The molecule has 8 rings (SSSR count). The largest absolute Gasteiger partial charge is 0.338 e. The van der Waals surface area contributed by atoms with E-state index in [0.717, 1.165) is 49.6 Å². The summed E-state index contributed by atoms with van der Waals surface area (Å²) in [5.41, 5.74) is 5.47. The van der Waals surface area contributed by atoms with Crippen molar-refractivity contribution < 1.29 is 0 Å². The van der Waals surface area contributed by atoms with Gasteiger partial charge in [-0.25, -0.2) is 9.97 Å². The third-order valence-corrected chi connectivity index (χ3v) is 7.23. The second-order valence-electron chi connectivity index (χ2n) is 9.17. The number of benzene rings is 4. The molecule has 0 aliphatic rings. The van der Waals surface area contributed by atoms with Crippen molar-refractivity contribution in [2.24, 2.45) is 7.05 Å². The third kappa shape index (κ3) is 2.31. The molecule has 0 radical (unpaired) electrons. The molecule has 0 amide bonds. The van der Waals surface area contributed by atoms with Crippen LogP contribution in [0.25, 0.3) is 71.5 Å². The zero-order chi connectivity index (χ0) is 24.1. The van der Waals surface area contributed by atoms with Crippen LogP contribution in [0.4, 0.5) is 0 Å². The van der Waals surface area contributed by atoms with Crippen LogP contribution in [-0.2, 0) is 7.05 Å². The molecule has 0 aliphatic heterocycles. The minimum absolute atomic E-state index is 0.288. The van der Waals surface area contributed by atoms with Gasteiger partial charge in [-0.15, -0.1) is 0 Å². The van der Waals surface area contributed by atoms with Gasteiger partial charge >= 0.3 is 0 Å². The first-order valence-electron chi connectivity index (χ1n) is 11.7. The van der Waals surface area contributed by atoms with Crippen LogP contribution in [0.15, 0.2) is 88.5 Å². The number of nitrogens with one attached hydrogen (secondary N) is 1. The maximum atomic E-state index is 13.2. The molecule has 4 heterocycles. The fraction of sp³-hybridized carbons (Fsp3) is 0.0345. The van der Waals surface area contributed by atoms with Gasteiger partial charge in [-0.3, -0.25) is 18.6 Å². The van der Waals surface area contributed by atoms with Crippen LogP contribution in [-0.4, -0.2) is 23.9 Å². The molecule has 4 aromatic heterocycles. The number of hydrogen-bond donors (Lipinski definition) is 1. The summed E-state index contributed by atoms with van der Waals surface area (Å²) >= 11 is 0. The Morgan fingerprint density at radius 3 is 2.31 bits per heavy atom. The van der Waals surface area contributed by atoms with Crippen LogP contribution in [0.3, 0.4) is 0 Å². The van der Waals surface area contributed by atoms with Crippen molar-refractivity contribution in [2.75, 3.05) is 0 Å². The molecule has 0 saturated carbocycles. The van der Waals surface area contributed by atoms with Gasteiger partial charge in [0, 0.05) is 23.2 Å². The number of hydrogen-bond acceptors (Lipinski definition) is 4. The first-order chi connectivity index (χ1) is 17.6. The molecule has 170 valence electrons. The highest BCUT2D eigenvalue weighted by Crippen LogP contribution is 2.37. The first-order valence-corrected chi connectivity index (χ1v) is 11.7. The summed E-state index contributed by atoms with van der Waals surface area (Å²) in [7, 11) is 1.53. The average Bonchev–Trinajstić information content (AvgIpc) is 3.52. The number of fused-ring (bicyclic) bond motifs is 7. The van der Waals surface area contributed by atoms with Gasteiger partial charge in [-0.05, 0) is 47.9 Å². The summed E-state index contributed by atoms with van der Waals surface area (Å²) < 4.78 is 3.29. The Hall–Kier alpha value is -5.04. The van der Waals surface area contributed by atoms with Gasteiger partial charge in [0.15, 0.2) is 0 Å². The number of H-pyrrole nitrogens is 1. The van der Waals surface area contributed by atoms with Crippen LogP contribution < -0.4 is 11.1 Å². The highest BCUT2D eigenvalue weighted by molar-refractivity contribution is 6.21. The van der Waals surface area contributed by atoms with Crippen LogP contribution >= 0.6 is 0 Å². The number of nitrogens with zero attached hydrogens (tertiary/aromatic N) is 4. The quantitative estimate of drug-likeness (QED) is 0.272. The van der Waals surface area contributed by atoms with E-state index in [2.05, 4.69) is 15.5 Å². The van der Waals surface area contributed by atoms with Crippen LogP contribution in [0, 0.1) is 0 Å². The Labute approximate surface area is 202 Å². The zero-order valence-electron chi connectivity index (χ0n) is 19.1. The molecule has 7 heteroatoms. The SMILES string of the molecule is Cn1c(=O)c2cccc3c4cc(-c5nc6ccccc6[nH]5)c5nc6ccccc6n5c4cc(c1=O)c23. The Morgan fingerprint density at radius 1 is 0.694 bits per heavy atom. The molecular formula is C29H17N5O2. The van der Waals surface area contributed by atoms with Gasteiger partial charge in [-0.2, -0.15) is 0 Å². The third-order valence-electron chi connectivity index (χ3n) is 7.23. The lowest BCUT2D eigenvalue weighted by atomic mass is 9.97. The lowest BCUT2D eigenvalue weighted by Crippen LogP contribution is -2.30. The minimum Gasteiger partial charge on any atom is -0.338 e. The van der Waals surface area contributed by atoms with Crippen LogP contribution in [0.1, 0.15) is 0 Å². The molecule has 0 saturated heterocycles. The van der Waals surface area contributed by atoms with E-state index in [9.17, 15) is 9.59 Å². The van der Waals surface area contributed by atoms with Gasteiger partial charge < -0.3 is 4.98 Å². The standard InChI is InChI=1S/C29H17N5O2/c1-33-28(35)16-8-6-7-15-17-13-19(26-30-20-9-2-3-10-21(20)31-26)27-32-22-11-4-5-12-23(22)34(27)24(17)14-18(25(15)16)29(33)36/h2-14H,1H3,(H,30,31). The molecular weight excluding hydrogens is 450 g/mol. The van der Waals surface area contributed by atoms with Gasteiger partial charge in [0.1, 0.15) is 11.5 Å². The topological polar surface area (TPSA) is 85.1 Å². The van der Waals surface area contributed by atoms with Crippen molar-refractivity contribution in [1.29, 1.82) is 0 Å². The van der Waals surface area contributed by atoms with Crippen molar-refractivity contribution >= 4 is 60.2 Å². The van der Waals surface area contributed by atoms with E-state index in [0.29, 0.717) is 22.0 Å². The highest BCUT2D eigenvalue weighted by atomic mass is 16.2. The van der Waals surface area contributed by atoms with E-state index in [1.54, 1.807) is 6.07 Å². The fourth-order valence-electron chi connectivity index (χ4n) is 5.54. The molecule has 0 unspecified atom stereocenters. The summed E-state index contributed by atoms with van der Waals surface area (Å²) in [4.78, 5) is 39.5. The monoisotopic (exact) mass is 467 g/mol. The van der Waals surface area contributed by atoms with Gasteiger partial charge in [-0.1, -0.05) is 36.4 Å². The minimum atomic E-state index is -0.301. The van der Waals surface area contributed by atoms with E-state index in [4.69, 9.17) is 9.97 Å². The van der Waals surface area contributed by atoms with E-state index in [1.165, 1.54) is 11.6 Å². The van der Waals surface area contributed by atoms with Crippen LogP contribution in [0.5, 0.6) is 0 Å². The summed E-state index contributed by atoms with van der Waals surface area (Å²) in [5.74, 6) is 0.714. The lowest BCUT2D eigenvalue weighted by Gasteiger charge is -2.13. The Bertz CT molecular complexity index is 2290. The lowest BCUT2D eigenvalue weighted by molar-refractivity contribution is 0.841. The number of para-hydroxylation sites is 4. The van der Waals surface area contributed by atoms with Gasteiger partial charge in [0.05, 0.1) is 38.5 Å². The molecule has 7 nitrogen and oxygen atoms in total. The molecule has 1 N–H and O–H groups in total. The highest BCUT2D eigenvalue weighted by Gasteiger charge is 2.20. The molecule has 8 aromatic rings. The molecule has 0 aliphatic carbocycles. The number of pyridine rings is 2. The molecule has 0 spiro atoms. The van der Waals surface area contributed by atoms with E-state index in [-0.39, 0.29) is 11.1 Å². The van der Waals surface area contributed by atoms with Crippen LogP contribution in [0.2, 0.25) is 0 Å². The van der Waals surface area contributed by atoms with E-state index < -0.39 is 0 Å². The Balaban J connectivity index is 1.67. The predicted molar refractivity (Wildman–Crippen MR) is 143 cm³/mol. The summed E-state index contributed by atoms with van der Waals surface area (Å²) in [6.07, 6.45) is 0. The maximum Gasteiger partial charge on any atom is 0.261 e. The molecule has 36 heavy (non-hydrogen) atoms. The van der Waals surface area contributed by atoms with E-state index >= 15 is 0 Å². The second-order valence-corrected chi connectivity index (χ2v) is 9.17. The number of aromatic amines is 1. The number of aromatic nitrogens is 5. The number of imidazole rings is 2. The summed E-state index contributed by atoms with van der Waals surface area (Å²) in [6, 6.07) is 25.5. The maximum absolute atomic E-state index is 13.2. The number of rotatable bonds is 1.